The Balaban J connectivity index is 1.90. The lowest BCUT2D eigenvalue weighted by Crippen LogP contribution is -2.43. The molecule has 2 rings (SSSR count). The van der Waals surface area contributed by atoms with Gasteiger partial charge in [-0.05, 0) is 43.5 Å². The van der Waals surface area contributed by atoms with Crippen molar-refractivity contribution in [2.24, 2.45) is 0 Å². The monoisotopic (exact) mass is 344 g/mol. The van der Waals surface area contributed by atoms with Crippen molar-refractivity contribution in [1.82, 2.24) is 10.2 Å². The topological polar surface area (TPSA) is 32.3 Å². The fourth-order valence-corrected chi connectivity index (χ4v) is 2.82. The van der Waals surface area contributed by atoms with E-state index in [0.717, 1.165) is 36.0 Å². The van der Waals surface area contributed by atoms with E-state index in [9.17, 15) is 4.79 Å². The predicted molar refractivity (Wildman–Crippen MR) is 81.3 cm³/mol. The van der Waals surface area contributed by atoms with Crippen molar-refractivity contribution in [3.8, 4) is 0 Å². The molecule has 1 aliphatic rings. The summed E-state index contributed by atoms with van der Waals surface area (Å²) in [6, 6.07) is 5.51. The van der Waals surface area contributed by atoms with Crippen molar-refractivity contribution in [3.05, 3.63) is 33.3 Å². The Morgan fingerprint density at radius 1 is 1.47 bits per heavy atom. The highest BCUT2D eigenvalue weighted by Gasteiger charge is 2.22. The van der Waals surface area contributed by atoms with Crippen LogP contribution >= 0.6 is 27.5 Å². The summed E-state index contributed by atoms with van der Waals surface area (Å²) in [6.45, 7) is 4.33. The number of rotatable bonds is 4. The minimum Gasteiger partial charge on any atom is -0.341 e. The summed E-state index contributed by atoms with van der Waals surface area (Å²) >= 11 is 9.46. The number of nitrogens with zero attached hydrogens (tertiary/aromatic N) is 1. The number of halogens is 2. The highest BCUT2D eigenvalue weighted by molar-refractivity contribution is 9.10. The fourth-order valence-electron chi connectivity index (χ4n) is 2.24. The molecule has 0 spiro atoms. The largest absolute Gasteiger partial charge is 0.341 e. The van der Waals surface area contributed by atoms with Gasteiger partial charge in [-0.15, -0.1) is 0 Å². The summed E-state index contributed by atoms with van der Waals surface area (Å²) in [6.07, 6.45) is 2.25. The first-order valence-corrected chi connectivity index (χ1v) is 7.71. The maximum Gasteiger partial charge on any atom is 0.239 e. The molecule has 1 atom stereocenters. The van der Waals surface area contributed by atoms with E-state index in [1.54, 1.807) is 0 Å². The Labute approximate surface area is 127 Å². The normalized spacial score (nSPS) is 16.7. The second-order valence-corrected chi connectivity index (χ2v) is 6.16. The molecular weight excluding hydrogens is 328 g/mol. The average molecular weight is 346 g/mol. The van der Waals surface area contributed by atoms with E-state index in [4.69, 9.17) is 11.6 Å². The van der Waals surface area contributed by atoms with E-state index in [0.29, 0.717) is 11.6 Å². The third kappa shape index (κ3) is 3.94. The summed E-state index contributed by atoms with van der Waals surface area (Å²) in [7, 11) is 0. The first kappa shape index (κ1) is 14.8. The van der Waals surface area contributed by atoms with E-state index in [2.05, 4.69) is 21.2 Å². The molecule has 1 N–H and O–H groups in total. The number of hydrogen-bond acceptors (Lipinski definition) is 2. The summed E-state index contributed by atoms with van der Waals surface area (Å²) in [4.78, 5) is 14.1. The third-order valence-corrected chi connectivity index (χ3v) is 4.40. The number of likely N-dealkylation sites (tertiary alicyclic amines) is 1. The summed E-state index contributed by atoms with van der Waals surface area (Å²) in [5.74, 6) is 0.190. The van der Waals surface area contributed by atoms with Crippen molar-refractivity contribution in [2.75, 3.05) is 13.1 Å². The molecular formula is C14H18BrClN2O. The number of hydrogen-bond donors (Lipinski definition) is 1. The van der Waals surface area contributed by atoms with Crippen molar-refractivity contribution in [1.29, 1.82) is 0 Å². The lowest BCUT2D eigenvalue weighted by molar-refractivity contribution is -0.131. The van der Waals surface area contributed by atoms with Gasteiger partial charge in [-0.1, -0.05) is 27.5 Å². The molecule has 0 aliphatic carbocycles. The van der Waals surface area contributed by atoms with E-state index in [1.165, 1.54) is 0 Å². The summed E-state index contributed by atoms with van der Waals surface area (Å²) < 4.78 is 1.00. The Hall–Kier alpha value is -0.580. The van der Waals surface area contributed by atoms with Gasteiger partial charge in [0.15, 0.2) is 0 Å². The zero-order valence-electron chi connectivity index (χ0n) is 11.0. The standard InChI is InChI=1S/C14H18BrClN2O/c1-10(14(19)18-6-2-3-7-18)17-9-11-8-12(16)4-5-13(11)15/h4-5,8,10,17H,2-3,6-7,9H2,1H3. The van der Waals surface area contributed by atoms with Gasteiger partial charge in [0.05, 0.1) is 6.04 Å². The van der Waals surface area contributed by atoms with Gasteiger partial charge < -0.3 is 10.2 Å². The Bertz CT molecular complexity index is 461. The van der Waals surface area contributed by atoms with Gasteiger partial charge in [-0.2, -0.15) is 0 Å². The molecule has 19 heavy (non-hydrogen) atoms. The number of benzene rings is 1. The highest BCUT2D eigenvalue weighted by Crippen LogP contribution is 2.21. The number of nitrogens with one attached hydrogen (secondary N) is 1. The van der Waals surface area contributed by atoms with Crippen LogP contribution in [0, 0.1) is 0 Å². The lowest BCUT2D eigenvalue weighted by Gasteiger charge is -2.21. The molecule has 1 fully saturated rings. The quantitative estimate of drug-likeness (QED) is 0.909. The van der Waals surface area contributed by atoms with Crippen LogP contribution in [0.5, 0.6) is 0 Å². The smallest absolute Gasteiger partial charge is 0.239 e. The van der Waals surface area contributed by atoms with Crippen LogP contribution in [0.2, 0.25) is 5.02 Å². The molecule has 1 saturated heterocycles. The second kappa shape index (κ2) is 6.73. The van der Waals surface area contributed by atoms with Crippen LogP contribution in [0.15, 0.2) is 22.7 Å². The Morgan fingerprint density at radius 2 is 2.16 bits per heavy atom. The summed E-state index contributed by atoms with van der Waals surface area (Å²) in [5.41, 5.74) is 1.06. The fraction of sp³-hybridized carbons (Fsp3) is 0.500. The van der Waals surface area contributed by atoms with Crippen molar-refractivity contribution in [2.45, 2.75) is 32.4 Å². The first-order valence-electron chi connectivity index (χ1n) is 6.54. The van der Waals surface area contributed by atoms with Gasteiger partial charge in [0.25, 0.3) is 0 Å². The molecule has 0 radical (unpaired) electrons. The highest BCUT2D eigenvalue weighted by atomic mass is 79.9. The molecule has 1 aromatic rings. The van der Waals surface area contributed by atoms with E-state index >= 15 is 0 Å². The Morgan fingerprint density at radius 3 is 2.84 bits per heavy atom. The maximum absolute atomic E-state index is 12.1. The number of carbonyl (C=O) groups excluding carboxylic acids is 1. The SMILES string of the molecule is CC(NCc1cc(Cl)ccc1Br)C(=O)N1CCCC1. The number of carbonyl (C=O) groups is 1. The molecule has 1 unspecified atom stereocenters. The van der Waals surface area contributed by atoms with Crippen LogP contribution in [0.1, 0.15) is 25.3 Å². The van der Waals surface area contributed by atoms with Crippen molar-refractivity contribution >= 4 is 33.4 Å². The van der Waals surface area contributed by atoms with Crippen molar-refractivity contribution < 1.29 is 4.79 Å². The van der Waals surface area contributed by atoms with E-state index in [1.807, 2.05) is 30.0 Å². The molecule has 5 heteroatoms. The number of amides is 1. The minimum absolute atomic E-state index is 0.163. The van der Waals surface area contributed by atoms with Crippen LogP contribution < -0.4 is 5.32 Å². The van der Waals surface area contributed by atoms with Crippen LogP contribution in [-0.4, -0.2) is 29.9 Å². The maximum atomic E-state index is 12.1. The molecule has 1 heterocycles. The molecule has 0 bridgehead atoms. The summed E-state index contributed by atoms with van der Waals surface area (Å²) in [5, 5.41) is 3.97. The molecule has 1 amide bonds. The van der Waals surface area contributed by atoms with Gasteiger partial charge in [0.1, 0.15) is 0 Å². The molecule has 0 saturated carbocycles. The molecule has 3 nitrogen and oxygen atoms in total. The Kier molecular flexibility index (Phi) is 5.25. The van der Waals surface area contributed by atoms with Crippen molar-refractivity contribution in [3.63, 3.8) is 0 Å². The van der Waals surface area contributed by atoms with Crippen LogP contribution in [0.3, 0.4) is 0 Å². The van der Waals surface area contributed by atoms with Gasteiger partial charge >= 0.3 is 0 Å². The molecule has 1 aromatic carbocycles. The van der Waals surface area contributed by atoms with E-state index in [-0.39, 0.29) is 11.9 Å². The third-order valence-electron chi connectivity index (χ3n) is 3.39. The molecule has 0 aromatic heterocycles. The van der Waals surface area contributed by atoms with E-state index < -0.39 is 0 Å². The molecule has 104 valence electrons. The van der Waals surface area contributed by atoms with Crippen LogP contribution in [0.4, 0.5) is 0 Å². The lowest BCUT2D eigenvalue weighted by atomic mass is 10.2. The van der Waals surface area contributed by atoms with Crippen LogP contribution in [0.25, 0.3) is 0 Å². The van der Waals surface area contributed by atoms with Gasteiger partial charge in [-0.25, -0.2) is 0 Å². The predicted octanol–water partition coefficient (Wildman–Crippen LogP) is 3.20. The van der Waals surface area contributed by atoms with Gasteiger partial charge in [0.2, 0.25) is 5.91 Å². The average Bonchev–Trinajstić information content (AvgIpc) is 2.92. The zero-order valence-corrected chi connectivity index (χ0v) is 13.3. The van der Waals surface area contributed by atoms with Gasteiger partial charge in [-0.3, -0.25) is 4.79 Å². The van der Waals surface area contributed by atoms with Crippen LogP contribution in [-0.2, 0) is 11.3 Å². The zero-order chi connectivity index (χ0) is 13.8. The van der Waals surface area contributed by atoms with Gasteiger partial charge in [0, 0.05) is 29.1 Å². The minimum atomic E-state index is -0.163. The molecule has 1 aliphatic heterocycles. The first-order chi connectivity index (χ1) is 9.08. The second-order valence-electron chi connectivity index (χ2n) is 4.87.